The van der Waals surface area contributed by atoms with Crippen LogP contribution in [0.4, 0.5) is 5.82 Å². The molecule has 144 valence electrons. The lowest BCUT2D eigenvalue weighted by Gasteiger charge is -2.13. The molecule has 2 aromatic heterocycles. The van der Waals surface area contributed by atoms with E-state index in [-0.39, 0.29) is 24.0 Å². The van der Waals surface area contributed by atoms with Crippen molar-refractivity contribution in [2.24, 2.45) is 12.0 Å². The smallest absolute Gasteiger partial charge is 0.191 e. The summed E-state index contributed by atoms with van der Waals surface area (Å²) in [4.78, 5) is 12.7. The number of hydrogen-bond acceptors (Lipinski definition) is 5. The van der Waals surface area contributed by atoms with E-state index in [1.807, 2.05) is 31.3 Å². The van der Waals surface area contributed by atoms with Crippen molar-refractivity contribution in [2.75, 3.05) is 25.5 Å². The zero-order chi connectivity index (χ0) is 18.4. The predicted octanol–water partition coefficient (Wildman–Crippen LogP) is 2.41. The highest BCUT2D eigenvalue weighted by atomic mass is 127. The maximum absolute atomic E-state index is 6.00. The summed E-state index contributed by atoms with van der Waals surface area (Å²) in [6.45, 7) is 2.01. The molecule has 10 heteroatoms. The van der Waals surface area contributed by atoms with Crippen LogP contribution in [-0.4, -0.2) is 45.8 Å². The number of hydrogen-bond donors (Lipinski definition) is 3. The van der Waals surface area contributed by atoms with E-state index in [1.54, 1.807) is 17.9 Å². The Morgan fingerprint density at radius 3 is 2.85 bits per heavy atom. The van der Waals surface area contributed by atoms with E-state index < -0.39 is 0 Å². The minimum absolute atomic E-state index is 0. The molecule has 0 atom stereocenters. The Hall–Kier alpha value is -2.14. The van der Waals surface area contributed by atoms with Crippen LogP contribution < -0.4 is 16.0 Å². The molecule has 0 saturated heterocycles. The van der Waals surface area contributed by atoms with Gasteiger partial charge in [-0.25, -0.2) is 9.97 Å². The van der Waals surface area contributed by atoms with Gasteiger partial charge in [-0.3, -0.25) is 9.67 Å². The number of rotatable bonds is 6. The van der Waals surface area contributed by atoms with Crippen LogP contribution in [0.2, 0.25) is 5.02 Å². The van der Waals surface area contributed by atoms with Gasteiger partial charge in [0.2, 0.25) is 0 Å². The van der Waals surface area contributed by atoms with Crippen molar-refractivity contribution >= 4 is 58.4 Å². The quantitative estimate of drug-likeness (QED) is 0.208. The van der Waals surface area contributed by atoms with E-state index in [1.165, 1.54) is 6.33 Å². The second kappa shape index (κ2) is 10.3. The second-order valence-corrected chi connectivity index (χ2v) is 6.07. The van der Waals surface area contributed by atoms with Crippen molar-refractivity contribution in [3.05, 3.63) is 47.4 Å². The van der Waals surface area contributed by atoms with E-state index in [0.717, 1.165) is 33.4 Å². The van der Waals surface area contributed by atoms with E-state index in [0.29, 0.717) is 19.6 Å². The molecule has 0 aliphatic carbocycles. The Morgan fingerprint density at radius 1 is 1.22 bits per heavy atom. The molecule has 3 aromatic rings. The van der Waals surface area contributed by atoms with Crippen molar-refractivity contribution in [1.29, 1.82) is 0 Å². The van der Waals surface area contributed by atoms with Crippen LogP contribution in [0.25, 0.3) is 11.0 Å². The van der Waals surface area contributed by atoms with Gasteiger partial charge in [0.15, 0.2) is 11.6 Å². The minimum Gasteiger partial charge on any atom is -0.368 e. The first-order valence-corrected chi connectivity index (χ1v) is 8.60. The van der Waals surface area contributed by atoms with Gasteiger partial charge >= 0.3 is 0 Å². The van der Waals surface area contributed by atoms with Gasteiger partial charge in [0.05, 0.1) is 11.6 Å². The molecule has 0 aliphatic rings. The van der Waals surface area contributed by atoms with Gasteiger partial charge in [-0.2, -0.15) is 5.10 Å². The van der Waals surface area contributed by atoms with Crippen molar-refractivity contribution in [3.8, 4) is 0 Å². The summed E-state index contributed by atoms with van der Waals surface area (Å²) in [5.41, 5.74) is 1.90. The van der Waals surface area contributed by atoms with Crippen molar-refractivity contribution < 1.29 is 0 Å². The lowest BCUT2D eigenvalue weighted by molar-refractivity contribution is 0.785. The normalized spacial score (nSPS) is 11.1. The van der Waals surface area contributed by atoms with Gasteiger partial charge in [-0.15, -0.1) is 24.0 Å². The fourth-order valence-electron chi connectivity index (χ4n) is 2.52. The van der Waals surface area contributed by atoms with Crippen molar-refractivity contribution in [2.45, 2.75) is 6.54 Å². The zero-order valence-electron chi connectivity index (χ0n) is 15.1. The largest absolute Gasteiger partial charge is 0.368 e. The van der Waals surface area contributed by atoms with Gasteiger partial charge in [-0.1, -0.05) is 23.7 Å². The summed E-state index contributed by atoms with van der Waals surface area (Å²) in [7, 11) is 3.60. The van der Waals surface area contributed by atoms with Gasteiger partial charge < -0.3 is 16.0 Å². The number of guanidine groups is 1. The molecule has 8 nitrogen and oxygen atoms in total. The Kier molecular flexibility index (Phi) is 8.04. The van der Waals surface area contributed by atoms with Crippen LogP contribution >= 0.6 is 35.6 Å². The fraction of sp³-hybridized carbons (Fsp3) is 0.294. The molecule has 2 heterocycles. The average molecular weight is 501 g/mol. The van der Waals surface area contributed by atoms with E-state index in [2.05, 4.69) is 36.0 Å². The van der Waals surface area contributed by atoms with Crippen LogP contribution in [0.3, 0.4) is 0 Å². The van der Waals surface area contributed by atoms with Crippen molar-refractivity contribution in [3.63, 3.8) is 0 Å². The Bertz CT molecular complexity index is 911. The summed E-state index contributed by atoms with van der Waals surface area (Å²) in [5.74, 6) is 1.49. The Morgan fingerprint density at radius 2 is 2.07 bits per heavy atom. The lowest BCUT2D eigenvalue weighted by atomic mass is 10.2. The standard InChI is InChI=1S/C17H21ClN8.HI/c1-19-17(22-9-12-4-3-5-13(18)8-12)21-7-6-20-15-14-10-25-26(2)16(14)24-11-23-15;/h3-5,8,10-11H,6-7,9H2,1-2H3,(H2,19,21,22)(H,20,23,24);1H. The lowest BCUT2D eigenvalue weighted by Crippen LogP contribution is -2.39. The number of nitrogens with one attached hydrogen (secondary N) is 3. The Balaban J connectivity index is 0.00000261. The molecule has 3 rings (SSSR count). The third-order valence-electron chi connectivity index (χ3n) is 3.81. The molecule has 27 heavy (non-hydrogen) atoms. The molecule has 3 N–H and O–H groups in total. The predicted molar refractivity (Wildman–Crippen MR) is 120 cm³/mol. The zero-order valence-corrected chi connectivity index (χ0v) is 18.2. The molecular weight excluding hydrogens is 479 g/mol. The number of aliphatic imine (C=N–C) groups is 1. The van der Waals surface area contributed by atoms with Crippen LogP contribution in [0.15, 0.2) is 41.8 Å². The highest BCUT2D eigenvalue weighted by molar-refractivity contribution is 14.0. The topological polar surface area (TPSA) is 92.1 Å². The number of anilines is 1. The number of halogens is 2. The number of aryl methyl sites for hydroxylation is 1. The highest BCUT2D eigenvalue weighted by Crippen LogP contribution is 2.17. The molecule has 0 spiro atoms. The molecular formula is C17H22ClIN8. The first-order chi connectivity index (χ1) is 12.7. The minimum atomic E-state index is 0. The summed E-state index contributed by atoms with van der Waals surface area (Å²) >= 11 is 6.00. The summed E-state index contributed by atoms with van der Waals surface area (Å²) < 4.78 is 1.72. The molecule has 0 bridgehead atoms. The fourth-order valence-corrected chi connectivity index (χ4v) is 2.73. The van der Waals surface area contributed by atoms with Gasteiger partial charge in [0.25, 0.3) is 0 Å². The third-order valence-corrected chi connectivity index (χ3v) is 4.05. The van der Waals surface area contributed by atoms with Gasteiger partial charge in [-0.05, 0) is 17.7 Å². The third kappa shape index (κ3) is 5.67. The van der Waals surface area contributed by atoms with E-state index in [4.69, 9.17) is 11.6 Å². The maximum atomic E-state index is 6.00. The van der Waals surface area contributed by atoms with Gasteiger partial charge in [0, 0.05) is 38.8 Å². The average Bonchev–Trinajstić information content (AvgIpc) is 3.03. The van der Waals surface area contributed by atoms with Gasteiger partial charge in [0.1, 0.15) is 12.1 Å². The summed E-state index contributed by atoms with van der Waals surface area (Å²) in [6.07, 6.45) is 3.29. The summed E-state index contributed by atoms with van der Waals surface area (Å²) in [6, 6.07) is 7.73. The number of nitrogens with zero attached hydrogens (tertiary/aromatic N) is 5. The molecule has 0 amide bonds. The second-order valence-electron chi connectivity index (χ2n) is 5.64. The van der Waals surface area contributed by atoms with Crippen LogP contribution in [0.1, 0.15) is 5.56 Å². The maximum Gasteiger partial charge on any atom is 0.191 e. The Labute approximate surface area is 179 Å². The van der Waals surface area contributed by atoms with E-state index in [9.17, 15) is 0 Å². The first-order valence-electron chi connectivity index (χ1n) is 8.23. The number of aromatic nitrogens is 4. The van der Waals surface area contributed by atoms with E-state index >= 15 is 0 Å². The number of fused-ring (bicyclic) bond motifs is 1. The van der Waals surface area contributed by atoms with Crippen LogP contribution in [0.5, 0.6) is 0 Å². The SMILES string of the molecule is CN=C(NCCNc1ncnc2c1cnn2C)NCc1cccc(Cl)c1.I. The number of benzene rings is 1. The first kappa shape index (κ1) is 21.2. The van der Waals surface area contributed by atoms with Crippen LogP contribution in [0, 0.1) is 0 Å². The van der Waals surface area contributed by atoms with Crippen molar-refractivity contribution in [1.82, 2.24) is 30.4 Å². The molecule has 0 fully saturated rings. The highest BCUT2D eigenvalue weighted by Gasteiger charge is 2.07. The van der Waals surface area contributed by atoms with Crippen LogP contribution in [-0.2, 0) is 13.6 Å². The molecule has 0 aliphatic heterocycles. The molecule has 0 saturated carbocycles. The molecule has 1 aromatic carbocycles. The summed E-state index contributed by atoms with van der Waals surface area (Å²) in [5, 5.41) is 15.6. The molecule has 0 unspecified atom stereocenters. The monoisotopic (exact) mass is 500 g/mol. The molecule has 0 radical (unpaired) electrons.